The quantitative estimate of drug-likeness (QED) is 0.699. The smallest absolute Gasteiger partial charge is 0.216 e. The molecule has 0 saturated heterocycles. The van der Waals surface area contributed by atoms with Crippen molar-refractivity contribution >= 4 is 23.8 Å². The number of hydrogen-bond acceptors (Lipinski definition) is 6. The van der Waals surface area contributed by atoms with Crippen molar-refractivity contribution in [1.29, 1.82) is 0 Å². The van der Waals surface area contributed by atoms with Gasteiger partial charge in [-0.3, -0.25) is 4.79 Å². The summed E-state index contributed by atoms with van der Waals surface area (Å²) in [4.78, 5) is 12.6. The molecule has 1 aliphatic heterocycles. The molecule has 0 fully saturated rings. The number of phenols is 1. The van der Waals surface area contributed by atoms with Crippen molar-refractivity contribution in [2.24, 2.45) is 5.10 Å². The van der Waals surface area contributed by atoms with Gasteiger partial charge in [-0.05, 0) is 30.5 Å². The van der Waals surface area contributed by atoms with Crippen LogP contribution in [0.1, 0.15) is 15.9 Å². The van der Waals surface area contributed by atoms with Gasteiger partial charge >= 0.3 is 0 Å². The molecule has 1 N–H and O–H groups in total. The fourth-order valence-corrected chi connectivity index (χ4v) is 3.27. The minimum Gasteiger partial charge on any atom is -0.507 e. The van der Waals surface area contributed by atoms with Crippen molar-refractivity contribution in [3.05, 3.63) is 70.4 Å². The minimum atomic E-state index is -0.603. The first-order valence-corrected chi connectivity index (χ1v) is 8.88. The summed E-state index contributed by atoms with van der Waals surface area (Å²) in [5, 5.41) is 24.5. The van der Waals surface area contributed by atoms with E-state index in [1.165, 1.54) is 22.7 Å². The highest BCUT2D eigenvalue weighted by molar-refractivity contribution is 8.02. The average molecular weight is 380 g/mol. The number of aromatic hydroxyl groups is 1. The van der Waals surface area contributed by atoms with Crippen LogP contribution >= 0.6 is 11.8 Å². The van der Waals surface area contributed by atoms with E-state index in [2.05, 4.69) is 15.3 Å². The number of aromatic nitrogens is 3. The molecule has 1 aromatic heterocycles. The van der Waals surface area contributed by atoms with Crippen LogP contribution in [-0.4, -0.2) is 32.0 Å². The number of Topliss-reactive ketones (excluding diaryl/α,β-unsaturated/α-hetero) is 1. The highest BCUT2D eigenvalue weighted by Crippen LogP contribution is 2.29. The van der Waals surface area contributed by atoms with Crippen molar-refractivity contribution in [1.82, 2.24) is 14.9 Å². The maximum absolute atomic E-state index is 13.4. The highest BCUT2D eigenvalue weighted by atomic mass is 32.2. The van der Waals surface area contributed by atoms with E-state index in [9.17, 15) is 14.3 Å². The maximum Gasteiger partial charge on any atom is 0.216 e. The second-order valence-corrected chi connectivity index (χ2v) is 6.75. The normalized spacial score (nSPS) is 13.0. The number of ketones is 1. The van der Waals surface area contributed by atoms with Gasteiger partial charge < -0.3 is 5.11 Å². The van der Waals surface area contributed by atoms with E-state index in [-0.39, 0.29) is 16.9 Å². The fourth-order valence-electron chi connectivity index (χ4n) is 2.55. The third-order valence-corrected chi connectivity index (χ3v) is 4.83. The van der Waals surface area contributed by atoms with Crippen LogP contribution in [0.5, 0.6) is 5.75 Å². The van der Waals surface area contributed by atoms with Gasteiger partial charge in [0.15, 0.2) is 11.6 Å². The monoisotopic (exact) mass is 380 g/mol. The van der Waals surface area contributed by atoms with Crippen LogP contribution in [0.15, 0.2) is 63.7 Å². The number of thioether (sulfide) groups is 1. The molecule has 8 heteroatoms. The Hall–Kier alpha value is -3.26. The molecule has 2 heterocycles. The topological polar surface area (TPSA) is 80.4 Å². The lowest BCUT2D eigenvalue weighted by Gasteiger charge is -2.04. The van der Waals surface area contributed by atoms with Crippen molar-refractivity contribution in [2.45, 2.75) is 12.1 Å². The Bertz CT molecular complexity index is 1100. The number of halogens is 1. The van der Waals surface area contributed by atoms with Gasteiger partial charge in [0.1, 0.15) is 11.6 Å². The molecular formula is C19H13FN4O2S. The molecule has 0 bridgehead atoms. The third kappa shape index (κ3) is 3.26. The van der Waals surface area contributed by atoms with E-state index in [0.29, 0.717) is 11.0 Å². The molecule has 0 radical (unpaired) electrons. The summed E-state index contributed by atoms with van der Waals surface area (Å²) in [6.45, 7) is 1.99. The first-order chi connectivity index (χ1) is 13.0. The van der Waals surface area contributed by atoms with Crippen LogP contribution in [0.25, 0.3) is 11.4 Å². The van der Waals surface area contributed by atoms with Gasteiger partial charge in [0.2, 0.25) is 5.16 Å². The molecule has 27 heavy (non-hydrogen) atoms. The molecule has 2 aromatic carbocycles. The summed E-state index contributed by atoms with van der Waals surface area (Å²) in [6, 6.07) is 11.0. The lowest BCUT2D eigenvalue weighted by atomic mass is 10.0. The Morgan fingerprint density at radius 2 is 1.93 bits per heavy atom. The molecule has 1 aliphatic rings. The summed E-state index contributed by atoms with van der Waals surface area (Å²) in [7, 11) is 0. The number of benzene rings is 2. The largest absolute Gasteiger partial charge is 0.507 e. The zero-order valence-electron chi connectivity index (χ0n) is 14.1. The van der Waals surface area contributed by atoms with E-state index in [1.807, 2.05) is 31.2 Å². The van der Waals surface area contributed by atoms with E-state index in [1.54, 1.807) is 5.41 Å². The second kappa shape index (κ2) is 6.81. The Morgan fingerprint density at radius 1 is 1.15 bits per heavy atom. The van der Waals surface area contributed by atoms with Gasteiger partial charge in [0, 0.05) is 11.1 Å². The van der Waals surface area contributed by atoms with Crippen molar-refractivity contribution in [3.8, 4) is 17.1 Å². The number of allylic oxidation sites excluding steroid dienone is 1. The number of hydrogen-bond donors (Lipinski definition) is 1. The standard InChI is InChI=1S/C19H13FN4O2S/c1-11-2-4-12(5-3-11)18-22-23-19-24(18)21-9-13(10-27-19)17(26)15-8-14(20)6-7-16(15)25/h2-10,25H,1H3. The van der Waals surface area contributed by atoms with Crippen LogP contribution in [0.2, 0.25) is 0 Å². The van der Waals surface area contributed by atoms with Gasteiger partial charge in [-0.2, -0.15) is 9.78 Å². The zero-order valence-corrected chi connectivity index (χ0v) is 14.9. The molecule has 0 saturated carbocycles. The van der Waals surface area contributed by atoms with Crippen LogP contribution in [-0.2, 0) is 0 Å². The number of phenolic OH excluding ortho intramolecular Hbond substituents is 1. The molecule has 0 atom stereocenters. The summed E-state index contributed by atoms with van der Waals surface area (Å²) in [5.74, 6) is -0.873. The molecule has 134 valence electrons. The first-order valence-electron chi connectivity index (χ1n) is 8.00. The summed E-state index contributed by atoms with van der Waals surface area (Å²) in [6.07, 6.45) is 1.36. The van der Waals surface area contributed by atoms with Gasteiger partial charge in [0.25, 0.3) is 0 Å². The Labute approximate surface area is 158 Å². The predicted octanol–water partition coefficient (Wildman–Crippen LogP) is 3.80. The Kier molecular flexibility index (Phi) is 4.33. The van der Waals surface area contributed by atoms with Crippen LogP contribution in [0.3, 0.4) is 0 Å². The van der Waals surface area contributed by atoms with E-state index < -0.39 is 11.6 Å². The summed E-state index contributed by atoms with van der Waals surface area (Å²) in [5.41, 5.74) is 2.05. The van der Waals surface area contributed by atoms with E-state index in [0.717, 1.165) is 29.3 Å². The third-order valence-electron chi connectivity index (χ3n) is 3.99. The average Bonchev–Trinajstić information content (AvgIpc) is 2.95. The minimum absolute atomic E-state index is 0.121. The number of carbonyl (C=O) groups is 1. The number of carbonyl (C=O) groups excluding carboxylic acids is 1. The molecule has 0 unspecified atom stereocenters. The lowest BCUT2D eigenvalue weighted by Crippen LogP contribution is -2.06. The predicted molar refractivity (Wildman–Crippen MR) is 100 cm³/mol. The molecular weight excluding hydrogens is 367 g/mol. The molecule has 3 aromatic rings. The van der Waals surface area contributed by atoms with Crippen LogP contribution in [0, 0.1) is 12.7 Å². The van der Waals surface area contributed by atoms with E-state index >= 15 is 0 Å². The zero-order chi connectivity index (χ0) is 19.0. The summed E-state index contributed by atoms with van der Waals surface area (Å²) < 4.78 is 15.0. The van der Waals surface area contributed by atoms with Gasteiger partial charge in [-0.25, -0.2) is 4.39 Å². The van der Waals surface area contributed by atoms with Crippen LogP contribution in [0.4, 0.5) is 4.39 Å². The van der Waals surface area contributed by atoms with Crippen molar-refractivity contribution in [2.75, 3.05) is 0 Å². The van der Waals surface area contributed by atoms with Crippen molar-refractivity contribution in [3.63, 3.8) is 0 Å². The molecule has 0 spiro atoms. The Morgan fingerprint density at radius 3 is 2.70 bits per heavy atom. The Balaban J connectivity index is 1.68. The number of fused-ring (bicyclic) bond motifs is 1. The lowest BCUT2D eigenvalue weighted by molar-refractivity contribution is 0.103. The molecule has 6 nitrogen and oxygen atoms in total. The fraction of sp³-hybridized carbons (Fsp3) is 0.0526. The molecule has 0 amide bonds. The number of aryl methyl sites for hydroxylation is 1. The first kappa shape index (κ1) is 17.2. The van der Waals surface area contributed by atoms with Crippen molar-refractivity contribution < 1.29 is 14.3 Å². The number of rotatable bonds is 3. The maximum atomic E-state index is 13.4. The number of nitrogens with zero attached hydrogens (tertiary/aromatic N) is 4. The van der Waals surface area contributed by atoms with Crippen LogP contribution < -0.4 is 0 Å². The van der Waals surface area contributed by atoms with Gasteiger partial charge in [0.05, 0.1) is 11.8 Å². The molecule has 0 aliphatic carbocycles. The molecule has 4 rings (SSSR count). The summed E-state index contributed by atoms with van der Waals surface area (Å²) >= 11 is 1.18. The highest BCUT2D eigenvalue weighted by Gasteiger charge is 2.20. The van der Waals surface area contributed by atoms with E-state index in [4.69, 9.17) is 0 Å². The van der Waals surface area contributed by atoms with Gasteiger partial charge in [-0.15, -0.1) is 10.2 Å². The van der Waals surface area contributed by atoms with Gasteiger partial charge in [-0.1, -0.05) is 41.6 Å². The second-order valence-electron chi connectivity index (χ2n) is 5.91. The SMILES string of the molecule is Cc1ccc(-c2nnc3n2N=CC(C(=O)c2cc(F)ccc2O)=CS3)cc1.